The molecule has 0 aliphatic rings. The zero-order chi connectivity index (χ0) is 12.3. The van der Waals surface area contributed by atoms with Gasteiger partial charge in [0.25, 0.3) is 0 Å². The second-order valence-electron chi connectivity index (χ2n) is 2.76. The first-order valence-corrected chi connectivity index (χ1v) is 8.53. The van der Waals surface area contributed by atoms with Crippen LogP contribution in [-0.2, 0) is 0 Å². The van der Waals surface area contributed by atoms with Crippen molar-refractivity contribution in [1.29, 1.82) is 0 Å². The molecular weight excluding hydrogens is 294 g/mol. The van der Waals surface area contributed by atoms with E-state index in [0.717, 1.165) is 13.7 Å². The molecule has 0 unspecified atom stereocenters. The summed E-state index contributed by atoms with van der Waals surface area (Å²) in [5.41, 5.74) is 5.71. The highest BCUT2D eigenvalue weighted by Gasteiger charge is 2.08. The number of hydrogen-bond acceptors (Lipinski definition) is 9. The smallest absolute Gasteiger partial charge is 0.190 e. The van der Waals surface area contributed by atoms with Crippen LogP contribution in [0.5, 0.6) is 0 Å². The van der Waals surface area contributed by atoms with Crippen LogP contribution in [0.4, 0.5) is 5.82 Å². The molecule has 17 heavy (non-hydrogen) atoms. The van der Waals surface area contributed by atoms with Crippen LogP contribution in [0.1, 0.15) is 0 Å². The van der Waals surface area contributed by atoms with Crippen molar-refractivity contribution in [3.05, 3.63) is 6.07 Å². The lowest BCUT2D eigenvalue weighted by atomic mass is 10.6. The first-order chi connectivity index (χ1) is 8.21. The molecule has 0 spiro atoms. The first kappa shape index (κ1) is 12.9. The van der Waals surface area contributed by atoms with Gasteiger partial charge in [-0.05, 0) is 24.3 Å². The fraction of sp³-hybridized carbons (Fsp3) is 0.250. The van der Waals surface area contributed by atoms with E-state index in [2.05, 4.69) is 20.2 Å². The third-order valence-corrected chi connectivity index (χ3v) is 5.05. The van der Waals surface area contributed by atoms with Gasteiger partial charge in [0.15, 0.2) is 13.8 Å². The fourth-order valence-corrected chi connectivity index (χ4v) is 3.81. The molecule has 2 N–H and O–H groups in total. The van der Waals surface area contributed by atoms with Gasteiger partial charge in [-0.2, -0.15) is 0 Å². The Morgan fingerprint density at radius 2 is 1.88 bits per heavy atom. The van der Waals surface area contributed by atoms with Gasteiger partial charge < -0.3 is 5.73 Å². The minimum atomic E-state index is 0.474. The number of nitrogens with zero attached hydrogens (tertiary/aromatic N) is 4. The summed E-state index contributed by atoms with van der Waals surface area (Å²) in [6.07, 6.45) is 3.89. The molecule has 0 atom stereocenters. The fourth-order valence-electron chi connectivity index (χ4n) is 0.975. The van der Waals surface area contributed by atoms with E-state index in [4.69, 9.17) is 5.73 Å². The third kappa shape index (κ3) is 3.47. The lowest BCUT2D eigenvalue weighted by molar-refractivity contribution is 0.897. The first-order valence-electron chi connectivity index (χ1n) is 4.45. The molecule has 2 heterocycles. The second-order valence-corrected chi connectivity index (χ2v) is 6.83. The van der Waals surface area contributed by atoms with E-state index in [1.165, 1.54) is 23.5 Å². The number of rotatable bonds is 4. The van der Waals surface area contributed by atoms with Gasteiger partial charge in [-0.25, -0.2) is 9.97 Å². The van der Waals surface area contributed by atoms with Gasteiger partial charge in [0, 0.05) is 6.07 Å². The number of hydrogen-bond donors (Lipinski definition) is 1. The Morgan fingerprint density at radius 1 is 1.12 bits per heavy atom. The average molecular weight is 303 g/mol. The van der Waals surface area contributed by atoms with Crippen molar-refractivity contribution in [2.24, 2.45) is 0 Å². The minimum absolute atomic E-state index is 0.474. The molecule has 0 saturated carbocycles. The lowest BCUT2D eigenvalue weighted by Gasteiger charge is -2.00. The van der Waals surface area contributed by atoms with Crippen molar-refractivity contribution < 1.29 is 0 Å². The van der Waals surface area contributed by atoms with Gasteiger partial charge >= 0.3 is 0 Å². The summed E-state index contributed by atoms with van der Waals surface area (Å²) in [6, 6.07) is 1.74. The van der Waals surface area contributed by atoms with Crippen molar-refractivity contribution >= 4 is 52.4 Å². The molecule has 0 amide bonds. The monoisotopic (exact) mass is 303 g/mol. The number of anilines is 1. The van der Waals surface area contributed by atoms with E-state index in [-0.39, 0.29) is 0 Å². The topological polar surface area (TPSA) is 77.6 Å². The quantitative estimate of drug-likeness (QED) is 0.524. The highest BCUT2D eigenvalue weighted by atomic mass is 32.2. The average Bonchev–Trinajstić information content (AvgIpc) is 2.76. The molecule has 0 aliphatic heterocycles. The maximum Gasteiger partial charge on any atom is 0.190 e. The van der Waals surface area contributed by atoms with Crippen LogP contribution in [0, 0.1) is 0 Å². The highest BCUT2D eigenvalue weighted by molar-refractivity contribution is 8.03. The van der Waals surface area contributed by atoms with Crippen molar-refractivity contribution in [3.8, 4) is 0 Å². The molecule has 0 radical (unpaired) electrons. The summed E-state index contributed by atoms with van der Waals surface area (Å²) in [5.74, 6) is 0.474. The van der Waals surface area contributed by atoms with Crippen molar-refractivity contribution in [3.63, 3.8) is 0 Å². The number of nitrogen functional groups attached to an aromatic ring is 1. The SMILES string of the molecule is CSc1nc(N)cc(Sc2nnc(SC)s2)n1. The largest absolute Gasteiger partial charge is 0.384 e. The molecule has 2 rings (SSSR count). The van der Waals surface area contributed by atoms with Gasteiger partial charge in [0.2, 0.25) is 0 Å². The summed E-state index contributed by atoms with van der Waals surface area (Å²) < 4.78 is 1.80. The van der Waals surface area contributed by atoms with Gasteiger partial charge in [-0.1, -0.05) is 34.9 Å². The van der Waals surface area contributed by atoms with E-state index in [1.54, 1.807) is 29.2 Å². The van der Waals surface area contributed by atoms with E-state index < -0.39 is 0 Å². The Morgan fingerprint density at radius 3 is 2.53 bits per heavy atom. The Labute approximate surface area is 115 Å². The maximum absolute atomic E-state index is 5.71. The lowest BCUT2D eigenvalue weighted by Crippen LogP contribution is -1.95. The maximum atomic E-state index is 5.71. The van der Waals surface area contributed by atoms with Crippen LogP contribution in [0.2, 0.25) is 0 Å². The Balaban J connectivity index is 2.20. The van der Waals surface area contributed by atoms with E-state index in [1.807, 2.05) is 12.5 Å². The molecule has 90 valence electrons. The zero-order valence-electron chi connectivity index (χ0n) is 9.08. The third-order valence-electron chi connectivity index (χ3n) is 1.64. The van der Waals surface area contributed by atoms with E-state index in [9.17, 15) is 0 Å². The molecule has 0 fully saturated rings. The number of nitrogens with two attached hydrogens (primary N) is 1. The molecule has 9 heteroatoms. The molecular formula is C8H9N5S4. The van der Waals surface area contributed by atoms with Crippen LogP contribution in [-0.4, -0.2) is 32.7 Å². The van der Waals surface area contributed by atoms with Crippen LogP contribution in [0.25, 0.3) is 0 Å². The summed E-state index contributed by atoms with van der Waals surface area (Å²) in [6.45, 7) is 0. The van der Waals surface area contributed by atoms with Crippen molar-refractivity contribution in [2.75, 3.05) is 18.2 Å². The standard InChI is InChI=1S/C8H9N5S4/c1-14-6-10-4(9)3-5(11-6)16-8-13-12-7(15-2)17-8/h3H,1-2H3,(H2,9,10,11). The number of thioether (sulfide) groups is 2. The van der Waals surface area contributed by atoms with Crippen LogP contribution >= 0.6 is 46.6 Å². The van der Waals surface area contributed by atoms with Crippen molar-refractivity contribution in [1.82, 2.24) is 20.2 Å². The minimum Gasteiger partial charge on any atom is -0.384 e. The van der Waals surface area contributed by atoms with Gasteiger partial charge in [-0.3, -0.25) is 0 Å². The predicted molar refractivity (Wildman–Crippen MR) is 74.0 cm³/mol. The predicted octanol–water partition coefficient (Wildman–Crippen LogP) is 2.51. The van der Waals surface area contributed by atoms with E-state index in [0.29, 0.717) is 11.0 Å². The molecule has 2 aromatic heterocycles. The molecule has 0 aromatic carbocycles. The Bertz CT molecular complexity index is 514. The van der Waals surface area contributed by atoms with Gasteiger partial charge in [0.1, 0.15) is 10.8 Å². The second kappa shape index (κ2) is 5.89. The summed E-state index contributed by atoms with van der Waals surface area (Å²) in [7, 11) is 0. The van der Waals surface area contributed by atoms with E-state index >= 15 is 0 Å². The summed E-state index contributed by atoms with van der Waals surface area (Å²) in [5, 5.41) is 9.56. The molecule has 0 aliphatic carbocycles. The molecule has 0 bridgehead atoms. The molecule has 2 aromatic rings. The zero-order valence-corrected chi connectivity index (χ0v) is 12.3. The number of aromatic nitrogens is 4. The Hall–Kier alpha value is -0.510. The van der Waals surface area contributed by atoms with Crippen LogP contribution in [0.15, 0.2) is 24.9 Å². The van der Waals surface area contributed by atoms with Crippen LogP contribution < -0.4 is 5.73 Å². The normalized spacial score (nSPS) is 10.7. The molecule has 0 saturated heterocycles. The van der Waals surface area contributed by atoms with Gasteiger partial charge in [0.05, 0.1) is 0 Å². The molecule has 5 nitrogen and oxygen atoms in total. The highest BCUT2D eigenvalue weighted by Crippen LogP contribution is 2.32. The summed E-state index contributed by atoms with van der Waals surface area (Å²) >= 11 is 6.04. The van der Waals surface area contributed by atoms with Crippen LogP contribution in [0.3, 0.4) is 0 Å². The summed E-state index contributed by atoms with van der Waals surface area (Å²) in [4.78, 5) is 8.44. The van der Waals surface area contributed by atoms with Crippen molar-refractivity contribution in [2.45, 2.75) is 18.9 Å². The Kier molecular flexibility index (Phi) is 4.48. The van der Waals surface area contributed by atoms with Gasteiger partial charge in [-0.15, -0.1) is 10.2 Å².